The van der Waals surface area contributed by atoms with Crippen molar-refractivity contribution in [3.63, 3.8) is 0 Å². The normalized spacial score (nSPS) is 17.4. The van der Waals surface area contributed by atoms with E-state index in [0.29, 0.717) is 17.9 Å². The Morgan fingerprint density at radius 2 is 2.04 bits per heavy atom. The molecule has 1 aliphatic rings. The molecule has 0 spiro atoms. The number of aryl methyl sites for hydroxylation is 1. The lowest BCUT2D eigenvalue weighted by Gasteiger charge is -2.33. The Balaban J connectivity index is 1.70. The lowest BCUT2D eigenvalue weighted by molar-refractivity contribution is 0.0531. The zero-order valence-electron chi connectivity index (χ0n) is 14.1. The summed E-state index contributed by atoms with van der Waals surface area (Å²) in [4.78, 5) is 18.7. The number of amides is 1. The molecule has 1 atom stereocenters. The molecule has 1 amide bonds. The second kappa shape index (κ2) is 7.34. The zero-order valence-corrected chi connectivity index (χ0v) is 14.1. The molecular formula is C19H22N2O3. The molecule has 2 aromatic rings. The lowest BCUT2D eigenvalue weighted by Crippen LogP contribution is -2.44. The number of hydrogen-bond acceptors (Lipinski definition) is 4. The number of likely N-dealkylation sites (tertiary alicyclic amines) is 1. The molecule has 126 valence electrons. The van der Waals surface area contributed by atoms with Crippen molar-refractivity contribution in [3.05, 3.63) is 53.9 Å². The predicted molar refractivity (Wildman–Crippen MR) is 91.5 cm³/mol. The van der Waals surface area contributed by atoms with E-state index >= 15 is 0 Å². The number of piperidine rings is 1. The fraction of sp³-hybridized carbons (Fsp3) is 0.368. The largest absolute Gasteiger partial charge is 0.493 e. The highest BCUT2D eigenvalue weighted by molar-refractivity contribution is 5.95. The van der Waals surface area contributed by atoms with E-state index in [1.165, 1.54) is 0 Å². The summed E-state index contributed by atoms with van der Waals surface area (Å²) < 4.78 is 11.4. The van der Waals surface area contributed by atoms with E-state index in [0.717, 1.165) is 30.7 Å². The van der Waals surface area contributed by atoms with E-state index in [4.69, 9.17) is 9.47 Å². The Morgan fingerprint density at radius 1 is 1.25 bits per heavy atom. The summed E-state index contributed by atoms with van der Waals surface area (Å²) in [5.74, 6) is 1.48. The van der Waals surface area contributed by atoms with Gasteiger partial charge in [0, 0.05) is 24.5 Å². The Hall–Kier alpha value is -2.56. The quantitative estimate of drug-likeness (QED) is 0.866. The molecule has 1 saturated heterocycles. The molecule has 24 heavy (non-hydrogen) atoms. The van der Waals surface area contributed by atoms with Gasteiger partial charge in [-0.15, -0.1) is 0 Å². The van der Waals surface area contributed by atoms with Crippen LogP contribution in [0.25, 0.3) is 0 Å². The number of ether oxygens (including phenoxy) is 2. The van der Waals surface area contributed by atoms with Crippen LogP contribution in [0.2, 0.25) is 0 Å². The van der Waals surface area contributed by atoms with Gasteiger partial charge in [-0.05, 0) is 43.5 Å². The van der Waals surface area contributed by atoms with E-state index in [1.807, 2.05) is 36.1 Å². The molecule has 5 heteroatoms. The molecule has 1 aromatic heterocycles. The minimum Gasteiger partial charge on any atom is -0.493 e. The summed E-state index contributed by atoms with van der Waals surface area (Å²) in [6.07, 6.45) is 5.21. The number of rotatable bonds is 4. The molecule has 0 N–H and O–H groups in total. The number of hydrogen-bond donors (Lipinski definition) is 0. The van der Waals surface area contributed by atoms with Crippen LogP contribution in [0.4, 0.5) is 0 Å². The molecule has 1 aromatic carbocycles. The molecule has 5 nitrogen and oxygen atoms in total. The van der Waals surface area contributed by atoms with Crippen LogP contribution in [0.3, 0.4) is 0 Å². The van der Waals surface area contributed by atoms with Crippen LogP contribution in [-0.2, 0) is 0 Å². The van der Waals surface area contributed by atoms with Crippen LogP contribution in [0.5, 0.6) is 11.5 Å². The number of para-hydroxylation sites is 2. The third-order valence-corrected chi connectivity index (χ3v) is 4.28. The number of benzene rings is 1. The highest BCUT2D eigenvalue weighted by Crippen LogP contribution is 2.29. The third-order valence-electron chi connectivity index (χ3n) is 4.28. The topological polar surface area (TPSA) is 51.7 Å². The van der Waals surface area contributed by atoms with E-state index < -0.39 is 0 Å². The van der Waals surface area contributed by atoms with E-state index in [9.17, 15) is 4.79 Å². The van der Waals surface area contributed by atoms with Crippen molar-refractivity contribution in [2.45, 2.75) is 25.9 Å². The predicted octanol–water partition coefficient (Wildman–Crippen LogP) is 3.08. The number of carbonyl (C=O) groups is 1. The molecule has 0 bridgehead atoms. The maximum Gasteiger partial charge on any atom is 0.254 e. The molecule has 0 aliphatic carbocycles. The summed E-state index contributed by atoms with van der Waals surface area (Å²) in [5, 5.41) is 0. The minimum atomic E-state index is -0.0267. The van der Waals surface area contributed by atoms with Crippen molar-refractivity contribution >= 4 is 5.91 Å². The first-order valence-corrected chi connectivity index (χ1v) is 8.18. The minimum absolute atomic E-state index is 0.0267. The van der Waals surface area contributed by atoms with Gasteiger partial charge in [0.2, 0.25) is 0 Å². The van der Waals surface area contributed by atoms with Gasteiger partial charge in [-0.3, -0.25) is 9.78 Å². The second-order valence-electron chi connectivity index (χ2n) is 5.97. The van der Waals surface area contributed by atoms with Gasteiger partial charge in [-0.2, -0.15) is 0 Å². The molecule has 0 radical (unpaired) electrons. The van der Waals surface area contributed by atoms with Crippen LogP contribution < -0.4 is 9.47 Å². The average molecular weight is 326 g/mol. The maximum atomic E-state index is 12.8. The number of carbonyl (C=O) groups excluding carboxylic acids is 1. The zero-order chi connectivity index (χ0) is 16.9. The Labute approximate surface area is 142 Å². The SMILES string of the molecule is COc1ccccc1OC1CCCN(C(=O)c2ccncc2C)C1. The second-order valence-corrected chi connectivity index (χ2v) is 5.97. The molecule has 2 heterocycles. The number of nitrogens with zero attached hydrogens (tertiary/aromatic N) is 2. The highest BCUT2D eigenvalue weighted by atomic mass is 16.5. The number of pyridine rings is 1. The van der Waals surface area contributed by atoms with Crippen molar-refractivity contribution in [2.24, 2.45) is 0 Å². The first kappa shape index (κ1) is 16.3. The smallest absolute Gasteiger partial charge is 0.254 e. The third kappa shape index (κ3) is 3.50. The summed E-state index contributed by atoms with van der Waals surface area (Å²) in [7, 11) is 1.63. The molecule has 1 unspecified atom stereocenters. The summed E-state index contributed by atoms with van der Waals surface area (Å²) in [6, 6.07) is 9.38. The first-order valence-electron chi connectivity index (χ1n) is 8.18. The monoisotopic (exact) mass is 326 g/mol. The van der Waals surface area contributed by atoms with Crippen LogP contribution in [0.15, 0.2) is 42.7 Å². The highest BCUT2D eigenvalue weighted by Gasteiger charge is 2.27. The van der Waals surface area contributed by atoms with Gasteiger partial charge in [-0.1, -0.05) is 12.1 Å². The summed E-state index contributed by atoms with van der Waals surface area (Å²) in [5.41, 5.74) is 1.61. The van der Waals surface area contributed by atoms with Gasteiger partial charge in [0.1, 0.15) is 6.10 Å². The molecule has 1 aliphatic heterocycles. The van der Waals surface area contributed by atoms with Crippen LogP contribution in [0, 0.1) is 6.92 Å². The summed E-state index contributed by atoms with van der Waals surface area (Å²) >= 11 is 0. The van der Waals surface area contributed by atoms with Crippen LogP contribution >= 0.6 is 0 Å². The van der Waals surface area contributed by atoms with Crippen molar-refractivity contribution < 1.29 is 14.3 Å². The standard InChI is InChI=1S/C19H22N2O3/c1-14-12-20-10-9-16(14)19(22)21-11-5-6-15(13-21)24-18-8-4-3-7-17(18)23-2/h3-4,7-10,12,15H,5-6,11,13H2,1-2H3. The van der Waals surface area contributed by atoms with E-state index in [1.54, 1.807) is 25.6 Å². The first-order chi connectivity index (χ1) is 11.7. The van der Waals surface area contributed by atoms with Crippen LogP contribution in [-0.4, -0.2) is 42.1 Å². The Kier molecular flexibility index (Phi) is 4.99. The Bertz CT molecular complexity index is 717. The van der Waals surface area contributed by atoms with Crippen molar-refractivity contribution in [1.82, 2.24) is 9.88 Å². The van der Waals surface area contributed by atoms with E-state index in [-0.39, 0.29) is 12.0 Å². The van der Waals surface area contributed by atoms with E-state index in [2.05, 4.69) is 4.98 Å². The molecular weight excluding hydrogens is 304 g/mol. The van der Waals surface area contributed by atoms with Gasteiger partial charge >= 0.3 is 0 Å². The average Bonchev–Trinajstić information content (AvgIpc) is 2.62. The molecule has 1 fully saturated rings. The number of aromatic nitrogens is 1. The lowest BCUT2D eigenvalue weighted by atomic mass is 10.1. The van der Waals surface area contributed by atoms with Gasteiger partial charge in [0.15, 0.2) is 11.5 Å². The fourth-order valence-corrected chi connectivity index (χ4v) is 3.00. The van der Waals surface area contributed by atoms with Gasteiger partial charge in [-0.25, -0.2) is 0 Å². The molecule has 3 rings (SSSR count). The fourth-order valence-electron chi connectivity index (χ4n) is 3.00. The van der Waals surface area contributed by atoms with Crippen molar-refractivity contribution in [2.75, 3.05) is 20.2 Å². The maximum absolute atomic E-state index is 12.8. The Morgan fingerprint density at radius 3 is 2.79 bits per heavy atom. The molecule has 0 saturated carbocycles. The summed E-state index contributed by atoms with van der Waals surface area (Å²) in [6.45, 7) is 3.25. The van der Waals surface area contributed by atoms with Crippen molar-refractivity contribution in [1.29, 1.82) is 0 Å². The van der Waals surface area contributed by atoms with Crippen molar-refractivity contribution in [3.8, 4) is 11.5 Å². The van der Waals surface area contributed by atoms with Gasteiger partial charge in [0.25, 0.3) is 5.91 Å². The number of methoxy groups -OCH3 is 1. The van der Waals surface area contributed by atoms with Gasteiger partial charge < -0.3 is 14.4 Å². The van der Waals surface area contributed by atoms with Gasteiger partial charge in [0.05, 0.1) is 13.7 Å². The van der Waals surface area contributed by atoms with Crippen LogP contribution in [0.1, 0.15) is 28.8 Å².